The number of esters is 1. The van der Waals surface area contributed by atoms with Crippen LogP contribution < -0.4 is 9.46 Å². The van der Waals surface area contributed by atoms with Gasteiger partial charge in [0.15, 0.2) is 23.2 Å². The summed E-state index contributed by atoms with van der Waals surface area (Å²) in [5.41, 5.74) is 1.18. The maximum Gasteiger partial charge on any atom is 0.308 e. The first kappa shape index (κ1) is 36.2. The van der Waals surface area contributed by atoms with Crippen molar-refractivity contribution >= 4 is 26.9 Å². The Hall–Kier alpha value is -4.62. The van der Waals surface area contributed by atoms with Gasteiger partial charge in [-0.15, -0.1) is 0 Å². The van der Waals surface area contributed by atoms with Crippen molar-refractivity contribution in [3.8, 4) is 22.9 Å². The summed E-state index contributed by atoms with van der Waals surface area (Å²) >= 11 is 0. The molecule has 1 aliphatic heterocycles. The fourth-order valence-corrected chi connectivity index (χ4v) is 8.52. The van der Waals surface area contributed by atoms with E-state index in [1.807, 2.05) is 52.0 Å². The lowest BCUT2D eigenvalue weighted by atomic mass is 9.75. The Kier molecular flexibility index (Phi) is 9.81. The molecule has 0 saturated heterocycles. The van der Waals surface area contributed by atoms with E-state index in [1.165, 1.54) is 36.1 Å². The van der Waals surface area contributed by atoms with Crippen LogP contribution in [0.15, 0.2) is 60.8 Å². The number of hydrogen-bond donors (Lipinski definition) is 2. The highest BCUT2D eigenvalue weighted by Gasteiger charge is 2.36. The molecule has 0 aliphatic carbocycles. The monoisotopic (exact) mass is 719 g/mol. The third kappa shape index (κ3) is 7.55. The number of carbonyl (C=O) groups excluding carboxylic acids is 1. The Bertz CT molecular complexity index is 2210. The highest BCUT2D eigenvalue weighted by atomic mass is 32.2. The van der Waals surface area contributed by atoms with Crippen molar-refractivity contribution in [2.45, 2.75) is 70.8 Å². The molecule has 0 spiro atoms. The van der Waals surface area contributed by atoms with Crippen molar-refractivity contribution in [2.24, 2.45) is 13.0 Å². The summed E-state index contributed by atoms with van der Waals surface area (Å²) in [5.74, 6) is -1.53. The van der Waals surface area contributed by atoms with E-state index in [-0.39, 0.29) is 46.9 Å². The smallest absolute Gasteiger partial charge is 0.308 e. The number of ether oxygens (including phenoxy) is 2. The number of sulfonamides is 1. The molecule has 2 atom stereocenters. The molecule has 5 aromatic rings. The Balaban J connectivity index is 1.49. The predicted molar refractivity (Wildman–Crippen MR) is 191 cm³/mol. The normalized spacial score (nSPS) is 19.7. The highest BCUT2D eigenvalue weighted by Crippen LogP contribution is 2.40. The minimum atomic E-state index is -3.84. The lowest BCUT2D eigenvalue weighted by Gasteiger charge is -2.31. The van der Waals surface area contributed by atoms with Crippen LogP contribution in [0.25, 0.3) is 22.3 Å². The fraction of sp³-hybridized carbons (Fsp3) is 0.395. The molecule has 2 N–H and O–H groups in total. The van der Waals surface area contributed by atoms with Gasteiger partial charge in [-0.2, -0.15) is 5.10 Å². The second kappa shape index (κ2) is 13.8. The van der Waals surface area contributed by atoms with Gasteiger partial charge in [-0.1, -0.05) is 37.6 Å². The molecule has 6 rings (SSSR count). The first-order valence-electron chi connectivity index (χ1n) is 17.0. The Morgan fingerprint density at radius 3 is 2.63 bits per heavy atom. The Labute approximate surface area is 296 Å². The summed E-state index contributed by atoms with van der Waals surface area (Å²) in [7, 11) is -0.783. The van der Waals surface area contributed by atoms with Crippen molar-refractivity contribution in [3.63, 3.8) is 0 Å². The SMILES string of the molecule is COC(=O)[C@@H](C)Cc1cccc(C2(C)CCCC(C)(C)NS(=O)(=O)CCc3c(c(F)cc4[nH]ccc34)Oc3ccc(F)c(c3)-c3nc2nn3C)c1. The lowest BCUT2D eigenvalue weighted by molar-refractivity contribution is -0.144. The quantitative estimate of drug-likeness (QED) is 0.190. The number of fused-ring (bicyclic) bond motifs is 8. The van der Waals surface area contributed by atoms with Crippen LogP contribution in [-0.2, 0) is 44.9 Å². The molecule has 0 fully saturated rings. The van der Waals surface area contributed by atoms with Crippen LogP contribution in [0.3, 0.4) is 0 Å². The molecule has 0 radical (unpaired) electrons. The minimum absolute atomic E-state index is 0.0312. The number of nitrogens with one attached hydrogen (secondary N) is 2. The van der Waals surface area contributed by atoms with Gasteiger partial charge < -0.3 is 14.5 Å². The van der Waals surface area contributed by atoms with E-state index in [1.54, 1.807) is 19.3 Å². The van der Waals surface area contributed by atoms with Gasteiger partial charge in [0, 0.05) is 41.3 Å². The van der Waals surface area contributed by atoms with Crippen LogP contribution in [0.2, 0.25) is 0 Å². The number of halogens is 2. The number of aryl methyl sites for hydroxylation is 2. The summed E-state index contributed by atoms with van der Waals surface area (Å²) in [5, 5.41) is 5.44. The van der Waals surface area contributed by atoms with Crippen LogP contribution in [0, 0.1) is 17.6 Å². The topological polar surface area (TPSA) is 128 Å². The van der Waals surface area contributed by atoms with Gasteiger partial charge in [-0.25, -0.2) is 31.6 Å². The number of nitrogens with zero attached hydrogens (tertiary/aromatic N) is 3. The molecule has 1 unspecified atom stereocenters. The van der Waals surface area contributed by atoms with Crippen LogP contribution in [0.4, 0.5) is 8.78 Å². The number of benzene rings is 3. The second-order valence-electron chi connectivity index (χ2n) is 14.3. The van der Waals surface area contributed by atoms with Crippen molar-refractivity contribution in [2.75, 3.05) is 12.9 Å². The van der Waals surface area contributed by atoms with Gasteiger partial charge in [-0.05, 0) is 81.8 Å². The lowest BCUT2D eigenvalue weighted by Crippen LogP contribution is -2.44. The molecule has 4 bridgehead atoms. The molecule has 3 aromatic carbocycles. The van der Waals surface area contributed by atoms with Crippen LogP contribution in [-0.4, -0.2) is 52.5 Å². The average molecular weight is 720 g/mol. The molecule has 1 aliphatic rings. The molecule has 2 aromatic heterocycles. The van der Waals surface area contributed by atoms with Crippen LogP contribution in [0.5, 0.6) is 11.5 Å². The zero-order valence-corrected chi connectivity index (χ0v) is 30.5. The number of hydrogen-bond acceptors (Lipinski definition) is 7. The van der Waals surface area contributed by atoms with E-state index >= 15 is 8.78 Å². The zero-order valence-electron chi connectivity index (χ0n) is 29.6. The van der Waals surface area contributed by atoms with Gasteiger partial charge in [0.1, 0.15) is 11.6 Å². The minimum Gasteiger partial charge on any atom is -0.469 e. The van der Waals surface area contributed by atoms with Crippen molar-refractivity contribution in [1.29, 1.82) is 0 Å². The van der Waals surface area contributed by atoms with Gasteiger partial charge >= 0.3 is 5.97 Å². The second-order valence-corrected chi connectivity index (χ2v) is 16.1. The summed E-state index contributed by atoms with van der Waals surface area (Å²) in [6, 6.07) is 15.0. The third-order valence-electron chi connectivity index (χ3n) is 9.76. The van der Waals surface area contributed by atoms with Gasteiger partial charge in [0.05, 0.1) is 29.8 Å². The van der Waals surface area contributed by atoms with E-state index in [0.717, 1.165) is 11.1 Å². The molecule has 0 amide bonds. The molecular weight excluding hydrogens is 677 g/mol. The summed E-state index contributed by atoms with van der Waals surface area (Å²) in [6.45, 7) is 7.50. The molecule has 0 saturated carbocycles. The maximum absolute atomic E-state index is 15.7. The Morgan fingerprint density at radius 1 is 1.08 bits per heavy atom. The molecule has 13 heteroatoms. The molecule has 10 nitrogen and oxygen atoms in total. The molecule has 51 heavy (non-hydrogen) atoms. The highest BCUT2D eigenvalue weighted by molar-refractivity contribution is 7.89. The number of aromatic nitrogens is 4. The van der Waals surface area contributed by atoms with Gasteiger partial charge in [-0.3, -0.25) is 4.79 Å². The van der Waals surface area contributed by atoms with Gasteiger partial charge in [0.2, 0.25) is 10.0 Å². The predicted octanol–water partition coefficient (Wildman–Crippen LogP) is 7.12. The van der Waals surface area contributed by atoms with Crippen molar-refractivity contribution < 1.29 is 31.5 Å². The van der Waals surface area contributed by atoms with Crippen LogP contribution >= 0.6 is 0 Å². The van der Waals surface area contributed by atoms with Gasteiger partial charge in [0.25, 0.3) is 0 Å². The molecule has 3 heterocycles. The first-order chi connectivity index (χ1) is 24.1. The van der Waals surface area contributed by atoms with Crippen LogP contribution in [0.1, 0.15) is 69.5 Å². The Morgan fingerprint density at radius 2 is 1.86 bits per heavy atom. The molecule has 270 valence electrons. The third-order valence-corrected chi connectivity index (χ3v) is 11.4. The average Bonchev–Trinajstić information content (AvgIpc) is 3.70. The van der Waals surface area contributed by atoms with E-state index in [4.69, 9.17) is 19.6 Å². The standard InChI is InChI=1S/C38H43F2N5O5S/c1-23(35(46)49-6)19-24-9-7-10-25(20-24)38(4)16-8-15-37(2,3)44-51(47,48)18-14-28-27-13-17-41-32(27)22-31(40)33(28)50-26-11-12-30(39)29(21-26)34-42-36(38)43-45(34)5/h7,9-13,17,20-23,41,44H,8,14-16,18-19H2,1-6H3/t23-,38?/m0/s1. The maximum atomic E-state index is 15.7. The summed E-state index contributed by atoms with van der Waals surface area (Å²) in [6.07, 6.45) is 3.67. The van der Waals surface area contributed by atoms with Crippen molar-refractivity contribution in [3.05, 3.63) is 94.9 Å². The van der Waals surface area contributed by atoms with E-state index in [2.05, 4.69) is 9.71 Å². The number of carbonyl (C=O) groups is 1. The fourth-order valence-electron chi connectivity index (χ4n) is 7.00. The number of H-pyrrole nitrogens is 1. The first-order valence-corrected chi connectivity index (χ1v) is 18.6. The van der Waals surface area contributed by atoms with E-state index in [0.29, 0.717) is 48.0 Å². The largest absolute Gasteiger partial charge is 0.469 e. The van der Waals surface area contributed by atoms with E-state index < -0.39 is 32.6 Å². The number of aromatic amines is 1. The van der Waals surface area contributed by atoms with E-state index in [9.17, 15) is 13.2 Å². The zero-order chi connectivity index (χ0) is 36.7. The number of methoxy groups -OCH3 is 1. The molecular formula is C38H43F2N5O5S. The van der Waals surface area contributed by atoms with Crippen molar-refractivity contribution in [1.82, 2.24) is 24.5 Å². The summed E-state index contributed by atoms with van der Waals surface area (Å²) in [4.78, 5) is 20.1. The number of rotatable bonds is 4. The summed E-state index contributed by atoms with van der Waals surface area (Å²) < 4.78 is 73.8.